The van der Waals surface area contributed by atoms with Crippen LogP contribution in [0.2, 0.25) is 0 Å². The van der Waals surface area contributed by atoms with Crippen LogP contribution in [0.5, 0.6) is 5.75 Å². The maximum Gasteiger partial charge on any atom is 0.128 e. The number of nitrogens with zero attached hydrogens (tertiary/aromatic N) is 1. The van der Waals surface area contributed by atoms with Crippen LogP contribution in [-0.4, -0.2) is 6.21 Å². The predicted molar refractivity (Wildman–Crippen MR) is 153 cm³/mol. The molecule has 0 saturated heterocycles. The SMILES string of the molecule is Cc1ccc(COc2ccccc2C=Nc2ccc([C@@H]3Nc4ccc(C)cc4[C@H]4C=CC[C@@H]43)cc2)cc1. The first-order valence-corrected chi connectivity index (χ1v) is 13.1. The molecule has 3 atom stereocenters. The van der Waals surface area contributed by atoms with Crippen molar-refractivity contribution < 1.29 is 4.74 Å². The first-order chi connectivity index (χ1) is 18.1. The van der Waals surface area contributed by atoms with Crippen molar-refractivity contribution in [3.8, 4) is 5.75 Å². The zero-order valence-corrected chi connectivity index (χ0v) is 21.4. The Morgan fingerprint density at radius 2 is 1.68 bits per heavy atom. The lowest BCUT2D eigenvalue weighted by molar-refractivity contribution is 0.306. The van der Waals surface area contributed by atoms with Gasteiger partial charge in [-0.2, -0.15) is 0 Å². The van der Waals surface area contributed by atoms with Crippen molar-refractivity contribution in [3.05, 3.63) is 137 Å². The van der Waals surface area contributed by atoms with Crippen molar-refractivity contribution in [3.63, 3.8) is 0 Å². The molecule has 1 heterocycles. The topological polar surface area (TPSA) is 33.6 Å². The van der Waals surface area contributed by atoms with Crippen LogP contribution < -0.4 is 10.1 Å². The predicted octanol–water partition coefficient (Wildman–Crippen LogP) is 8.46. The van der Waals surface area contributed by atoms with Gasteiger partial charge < -0.3 is 10.1 Å². The number of anilines is 1. The van der Waals surface area contributed by atoms with Gasteiger partial charge in [-0.15, -0.1) is 0 Å². The fourth-order valence-corrected chi connectivity index (χ4v) is 5.52. The monoisotopic (exact) mass is 484 g/mol. The summed E-state index contributed by atoms with van der Waals surface area (Å²) in [4.78, 5) is 4.76. The molecular formula is C34H32N2O. The molecule has 37 heavy (non-hydrogen) atoms. The van der Waals surface area contributed by atoms with E-state index in [4.69, 9.17) is 9.73 Å². The van der Waals surface area contributed by atoms with Crippen molar-refractivity contribution in [1.29, 1.82) is 0 Å². The summed E-state index contributed by atoms with van der Waals surface area (Å²) < 4.78 is 6.12. The van der Waals surface area contributed by atoms with Gasteiger partial charge in [0.05, 0.1) is 11.7 Å². The number of para-hydroxylation sites is 1. The molecule has 6 rings (SSSR count). The summed E-state index contributed by atoms with van der Waals surface area (Å²) >= 11 is 0. The van der Waals surface area contributed by atoms with Crippen molar-refractivity contribution in [2.24, 2.45) is 10.9 Å². The van der Waals surface area contributed by atoms with Gasteiger partial charge in [0.1, 0.15) is 12.4 Å². The highest BCUT2D eigenvalue weighted by Crippen LogP contribution is 2.50. The summed E-state index contributed by atoms with van der Waals surface area (Å²) in [5.41, 5.74) is 9.63. The largest absolute Gasteiger partial charge is 0.488 e. The lowest BCUT2D eigenvalue weighted by Gasteiger charge is -2.37. The minimum Gasteiger partial charge on any atom is -0.488 e. The van der Waals surface area contributed by atoms with E-state index in [1.807, 2.05) is 30.5 Å². The molecule has 1 N–H and O–H groups in total. The van der Waals surface area contributed by atoms with Crippen LogP contribution in [0.3, 0.4) is 0 Å². The number of nitrogens with one attached hydrogen (secondary N) is 1. The number of allylic oxidation sites excluding steroid dienone is 2. The van der Waals surface area contributed by atoms with Crippen LogP contribution in [0.1, 0.15) is 51.8 Å². The van der Waals surface area contributed by atoms with Gasteiger partial charge in [0.25, 0.3) is 0 Å². The van der Waals surface area contributed by atoms with E-state index in [9.17, 15) is 0 Å². The number of fused-ring (bicyclic) bond motifs is 3. The average Bonchev–Trinajstić information content (AvgIpc) is 3.43. The zero-order chi connectivity index (χ0) is 25.2. The minimum atomic E-state index is 0.295. The molecule has 184 valence electrons. The highest BCUT2D eigenvalue weighted by atomic mass is 16.5. The molecule has 0 saturated carbocycles. The molecule has 2 aliphatic rings. The van der Waals surface area contributed by atoms with E-state index in [2.05, 4.69) is 98.0 Å². The Balaban J connectivity index is 1.17. The van der Waals surface area contributed by atoms with Gasteiger partial charge in [0.15, 0.2) is 0 Å². The van der Waals surface area contributed by atoms with E-state index < -0.39 is 0 Å². The molecule has 1 aliphatic carbocycles. The Bertz CT molecular complexity index is 1450. The minimum absolute atomic E-state index is 0.295. The van der Waals surface area contributed by atoms with Crippen molar-refractivity contribution in [2.45, 2.75) is 38.8 Å². The van der Waals surface area contributed by atoms with E-state index in [-0.39, 0.29) is 0 Å². The second kappa shape index (κ2) is 10.1. The first kappa shape index (κ1) is 23.3. The van der Waals surface area contributed by atoms with E-state index in [1.54, 1.807) is 0 Å². The van der Waals surface area contributed by atoms with E-state index in [0.29, 0.717) is 24.5 Å². The normalized spacial score (nSPS) is 19.9. The number of hydrogen-bond acceptors (Lipinski definition) is 3. The number of ether oxygens (including phenoxy) is 1. The molecule has 3 heteroatoms. The Morgan fingerprint density at radius 1 is 0.892 bits per heavy atom. The molecule has 4 aromatic carbocycles. The van der Waals surface area contributed by atoms with Gasteiger partial charge >= 0.3 is 0 Å². The molecule has 0 radical (unpaired) electrons. The van der Waals surface area contributed by atoms with Gasteiger partial charge in [-0.05, 0) is 73.2 Å². The third-order valence-corrected chi connectivity index (χ3v) is 7.56. The summed E-state index contributed by atoms with van der Waals surface area (Å²) in [5, 5.41) is 3.83. The molecule has 1 aliphatic heterocycles. The Hall–Kier alpha value is -4.11. The molecule has 0 spiro atoms. The maximum absolute atomic E-state index is 6.12. The summed E-state index contributed by atoms with van der Waals surface area (Å²) in [6.07, 6.45) is 7.75. The fourth-order valence-electron chi connectivity index (χ4n) is 5.52. The highest BCUT2D eigenvalue weighted by molar-refractivity contribution is 5.85. The smallest absolute Gasteiger partial charge is 0.128 e. The van der Waals surface area contributed by atoms with Gasteiger partial charge in [-0.3, -0.25) is 4.99 Å². The fraction of sp³-hybridized carbons (Fsp3) is 0.206. The molecule has 0 unspecified atom stereocenters. The van der Waals surface area contributed by atoms with Crippen LogP contribution in [0, 0.1) is 19.8 Å². The van der Waals surface area contributed by atoms with Gasteiger partial charge in [0, 0.05) is 23.4 Å². The maximum atomic E-state index is 6.12. The second-order valence-electron chi connectivity index (χ2n) is 10.2. The molecule has 0 bridgehead atoms. The number of benzene rings is 4. The van der Waals surface area contributed by atoms with E-state index in [1.165, 1.54) is 27.9 Å². The Kier molecular flexibility index (Phi) is 6.36. The average molecular weight is 485 g/mol. The molecule has 0 amide bonds. The van der Waals surface area contributed by atoms with Crippen LogP contribution in [0.25, 0.3) is 0 Å². The summed E-state index contributed by atoms with van der Waals surface area (Å²) in [6, 6.07) is 32.2. The Labute approximate surface area is 219 Å². The standard InChI is InChI=1S/C34H32N2O/c1-23-10-13-25(14-11-23)22-37-33-9-4-3-6-27(33)21-35-28-17-15-26(16-18-28)34-30-8-5-7-29(30)31-20-24(2)12-19-32(31)36-34/h3-7,9-21,29-30,34,36H,8,22H2,1-2H3/t29-,30-,34-/m0/s1. The van der Waals surface area contributed by atoms with E-state index >= 15 is 0 Å². The van der Waals surface area contributed by atoms with Crippen LogP contribution >= 0.6 is 0 Å². The summed E-state index contributed by atoms with van der Waals surface area (Å²) in [7, 11) is 0. The molecular weight excluding hydrogens is 452 g/mol. The lowest BCUT2D eigenvalue weighted by atomic mass is 9.76. The van der Waals surface area contributed by atoms with Gasteiger partial charge in [-0.1, -0.05) is 83.9 Å². The zero-order valence-electron chi connectivity index (χ0n) is 21.4. The van der Waals surface area contributed by atoms with Crippen molar-refractivity contribution in [2.75, 3.05) is 5.32 Å². The van der Waals surface area contributed by atoms with Crippen LogP contribution in [-0.2, 0) is 6.61 Å². The van der Waals surface area contributed by atoms with Gasteiger partial charge in [-0.25, -0.2) is 0 Å². The van der Waals surface area contributed by atoms with Crippen molar-refractivity contribution in [1.82, 2.24) is 0 Å². The molecule has 3 nitrogen and oxygen atoms in total. The number of aryl methyl sites for hydroxylation is 2. The van der Waals surface area contributed by atoms with Gasteiger partial charge in [0.2, 0.25) is 0 Å². The third kappa shape index (κ3) is 4.95. The number of aliphatic imine (C=N–C) groups is 1. The van der Waals surface area contributed by atoms with Crippen LogP contribution in [0.4, 0.5) is 11.4 Å². The number of rotatable bonds is 6. The second-order valence-corrected chi connectivity index (χ2v) is 10.2. The summed E-state index contributed by atoms with van der Waals surface area (Å²) in [5.74, 6) is 1.86. The van der Waals surface area contributed by atoms with Crippen LogP contribution in [0.15, 0.2) is 108 Å². The molecule has 4 aromatic rings. The molecule has 0 fully saturated rings. The quantitative estimate of drug-likeness (QED) is 0.220. The lowest BCUT2D eigenvalue weighted by Crippen LogP contribution is -2.29. The first-order valence-electron chi connectivity index (χ1n) is 13.1. The third-order valence-electron chi connectivity index (χ3n) is 7.56. The highest BCUT2D eigenvalue weighted by Gasteiger charge is 2.37. The number of hydrogen-bond donors (Lipinski definition) is 1. The molecule has 0 aromatic heterocycles. The Morgan fingerprint density at radius 3 is 2.51 bits per heavy atom. The van der Waals surface area contributed by atoms with E-state index in [0.717, 1.165) is 29.0 Å². The summed E-state index contributed by atoms with van der Waals surface area (Å²) in [6.45, 7) is 4.80. The van der Waals surface area contributed by atoms with Crippen molar-refractivity contribution >= 4 is 17.6 Å².